The van der Waals surface area contributed by atoms with E-state index in [-0.39, 0.29) is 6.04 Å². The highest BCUT2D eigenvalue weighted by molar-refractivity contribution is 5.84. The molecule has 0 spiro atoms. The van der Waals surface area contributed by atoms with Gasteiger partial charge in [-0.2, -0.15) is 5.10 Å². The first kappa shape index (κ1) is 12.4. The molecule has 0 aliphatic heterocycles. The number of halogens is 1. The predicted molar refractivity (Wildman–Crippen MR) is 65.8 cm³/mol. The molecule has 1 atom stereocenters. The maximum Gasteiger partial charge on any atom is 0.153 e. The lowest BCUT2D eigenvalue weighted by Crippen LogP contribution is -2.04. The largest absolute Gasteiger partial charge is 0.298 e. The second-order valence-corrected chi connectivity index (χ2v) is 4.15. The number of carbonyl (C=O) groups is 1. The Labute approximate surface area is 104 Å². The van der Waals surface area contributed by atoms with Gasteiger partial charge in [0.05, 0.1) is 17.5 Å². The lowest BCUT2D eigenvalue weighted by atomic mass is 10.2. The Balaban J connectivity index is 2.46. The predicted octanol–water partition coefficient (Wildman–Crippen LogP) is 2.87. The van der Waals surface area contributed by atoms with Crippen molar-refractivity contribution in [3.8, 4) is 11.4 Å². The van der Waals surface area contributed by atoms with Crippen molar-refractivity contribution in [1.82, 2.24) is 14.8 Å². The minimum atomic E-state index is -0.409. The van der Waals surface area contributed by atoms with Gasteiger partial charge in [0.1, 0.15) is 11.5 Å². The van der Waals surface area contributed by atoms with Crippen LogP contribution in [0.3, 0.4) is 0 Å². The summed E-state index contributed by atoms with van der Waals surface area (Å²) in [5, 5.41) is 4.35. The molecule has 0 saturated heterocycles. The number of rotatable bonds is 4. The lowest BCUT2D eigenvalue weighted by Gasteiger charge is -2.07. The van der Waals surface area contributed by atoms with Crippen molar-refractivity contribution in [3.63, 3.8) is 0 Å². The third-order valence-corrected chi connectivity index (χ3v) is 2.90. The fourth-order valence-electron chi connectivity index (χ4n) is 1.62. The van der Waals surface area contributed by atoms with Gasteiger partial charge in [-0.3, -0.25) is 14.5 Å². The molecular weight excluding hydrogens is 233 g/mol. The number of pyridine rings is 1. The van der Waals surface area contributed by atoms with E-state index in [0.717, 1.165) is 18.9 Å². The van der Waals surface area contributed by atoms with Crippen LogP contribution in [0.5, 0.6) is 0 Å². The molecule has 0 amide bonds. The Hall–Kier alpha value is -2.04. The van der Waals surface area contributed by atoms with Crippen LogP contribution in [-0.4, -0.2) is 21.1 Å². The Morgan fingerprint density at radius 2 is 2.28 bits per heavy atom. The normalized spacial score (nSPS) is 12.4. The maximum absolute atomic E-state index is 12.8. The molecule has 2 aromatic rings. The molecule has 18 heavy (non-hydrogen) atoms. The third-order valence-electron chi connectivity index (χ3n) is 2.90. The summed E-state index contributed by atoms with van der Waals surface area (Å²) in [7, 11) is 0. The SMILES string of the molecule is CCC(C)n1cc(C=O)c(-c2ccc(F)cn2)n1. The summed E-state index contributed by atoms with van der Waals surface area (Å²) in [5.74, 6) is -0.409. The van der Waals surface area contributed by atoms with Gasteiger partial charge in [-0.1, -0.05) is 6.92 Å². The highest BCUT2D eigenvalue weighted by Crippen LogP contribution is 2.21. The van der Waals surface area contributed by atoms with Gasteiger partial charge in [0.15, 0.2) is 6.29 Å². The summed E-state index contributed by atoms with van der Waals surface area (Å²) < 4.78 is 14.6. The minimum Gasteiger partial charge on any atom is -0.298 e. The average Bonchev–Trinajstić information content (AvgIpc) is 2.83. The van der Waals surface area contributed by atoms with E-state index in [9.17, 15) is 9.18 Å². The van der Waals surface area contributed by atoms with E-state index >= 15 is 0 Å². The Morgan fingerprint density at radius 1 is 1.50 bits per heavy atom. The van der Waals surface area contributed by atoms with Crippen LogP contribution in [0.25, 0.3) is 11.4 Å². The molecule has 1 unspecified atom stereocenters. The lowest BCUT2D eigenvalue weighted by molar-refractivity contribution is 0.112. The quantitative estimate of drug-likeness (QED) is 0.780. The molecule has 94 valence electrons. The van der Waals surface area contributed by atoms with Crippen molar-refractivity contribution in [3.05, 3.63) is 35.9 Å². The van der Waals surface area contributed by atoms with Crippen LogP contribution in [0, 0.1) is 5.82 Å². The molecular formula is C13H14FN3O. The number of hydrogen-bond acceptors (Lipinski definition) is 3. The van der Waals surface area contributed by atoms with Crippen molar-refractivity contribution in [2.24, 2.45) is 0 Å². The smallest absolute Gasteiger partial charge is 0.153 e. The number of carbonyl (C=O) groups excluding carboxylic acids is 1. The van der Waals surface area contributed by atoms with Gasteiger partial charge in [-0.15, -0.1) is 0 Å². The van der Waals surface area contributed by atoms with Crippen molar-refractivity contribution >= 4 is 6.29 Å². The van der Waals surface area contributed by atoms with Crippen LogP contribution < -0.4 is 0 Å². The van der Waals surface area contributed by atoms with Crippen LogP contribution in [0.1, 0.15) is 36.7 Å². The zero-order chi connectivity index (χ0) is 13.1. The van der Waals surface area contributed by atoms with Crippen molar-refractivity contribution < 1.29 is 9.18 Å². The van der Waals surface area contributed by atoms with Gasteiger partial charge in [0, 0.05) is 12.2 Å². The summed E-state index contributed by atoms with van der Waals surface area (Å²) in [6.07, 6.45) is 4.47. The maximum atomic E-state index is 12.8. The van der Waals surface area contributed by atoms with E-state index in [1.54, 1.807) is 10.9 Å². The van der Waals surface area contributed by atoms with Crippen LogP contribution >= 0.6 is 0 Å². The first-order valence-corrected chi connectivity index (χ1v) is 5.82. The average molecular weight is 247 g/mol. The molecule has 2 heterocycles. The van der Waals surface area contributed by atoms with Gasteiger partial charge in [0.2, 0.25) is 0 Å². The number of aromatic nitrogens is 3. The summed E-state index contributed by atoms with van der Waals surface area (Å²) >= 11 is 0. The van der Waals surface area contributed by atoms with Crippen molar-refractivity contribution in [2.45, 2.75) is 26.3 Å². The monoisotopic (exact) mass is 247 g/mol. The number of aldehydes is 1. The highest BCUT2D eigenvalue weighted by Gasteiger charge is 2.14. The van der Waals surface area contributed by atoms with E-state index in [0.29, 0.717) is 17.0 Å². The zero-order valence-corrected chi connectivity index (χ0v) is 10.3. The summed E-state index contributed by atoms with van der Waals surface area (Å²) in [5.41, 5.74) is 1.46. The molecule has 0 N–H and O–H groups in total. The second kappa shape index (κ2) is 5.08. The first-order chi connectivity index (χ1) is 8.65. The molecule has 4 nitrogen and oxygen atoms in total. The van der Waals surface area contributed by atoms with E-state index in [4.69, 9.17) is 0 Å². The first-order valence-electron chi connectivity index (χ1n) is 5.82. The Morgan fingerprint density at radius 3 is 2.83 bits per heavy atom. The van der Waals surface area contributed by atoms with Gasteiger partial charge < -0.3 is 0 Å². The van der Waals surface area contributed by atoms with Gasteiger partial charge in [0.25, 0.3) is 0 Å². The van der Waals surface area contributed by atoms with Crippen molar-refractivity contribution in [1.29, 1.82) is 0 Å². The zero-order valence-electron chi connectivity index (χ0n) is 10.3. The van der Waals surface area contributed by atoms with Crippen LogP contribution in [-0.2, 0) is 0 Å². The molecule has 0 aromatic carbocycles. The number of hydrogen-bond donors (Lipinski definition) is 0. The molecule has 0 aliphatic rings. The second-order valence-electron chi connectivity index (χ2n) is 4.15. The van der Waals surface area contributed by atoms with E-state index < -0.39 is 5.82 Å². The van der Waals surface area contributed by atoms with Crippen LogP contribution in [0.15, 0.2) is 24.5 Å². The minimum absolute atomic E-state index is 0.206. The standard InChI is InChI=1S/C13H14FN3O/c1-3-9(2)17-7-10(8-18)13(16-17)12-5-4-11(14)6-15-12/h4-9H,3H2,1-2H3. The van der Waals surface area contributed by atoms with Gasteiger partial charge in [-0.05, 0) is 25.5 Å². The van der Waals surface area contributed by atoms with Crippen LogP contribution in [0.4, 0.5) is 4.39 Å². The Kier molecular flexibility index (Phi) is 3.50. The van der Waals surface area contributed by atoms with Crippen LogP contribution in [0.2, 0.25) is 0 Å². The van der Waals surface area contributed by atoms with E-state index in [1.807, 2.05) is 13.8 Å². The molecule has 0 bridgehead atoms. The van der Waals surface area contributed by atoms with Crippen molar-refractivity contribution in [2.75, 3.05) is 0 Å². The summed E-state index contributed by atoms with van der Waals surface area (Å²) in [6.45, 7) is 4.06. The fraction of sp³-hybridized carbons (Fsp3) is 0.308. The Bertz CT molecular complexity index is 548. The van der Waals surface area contributed by atoms with Gasteiger partial charge >= 0.3 is 0 Å². The molecule has 2 rings (SSSR count). The molecule has 0 saturated carbocycles. The molecule has 2 aromatic heterocycles. The summed E-state index contributed by atoms with van der Waals surface area (Å²) in [6, 6.07) is 3.03. The molecule has 5 heteroatoms. The third kappa shape index (κ3) is 2.30. The summed E-state index contributed by atoms with van der Waals surface area (Å²) in [4.78, 5) is 15.0. The highest BCUT2D eigenvalue weighted by atomic mass is 19.1. The molecule has 0 aliphatic carbocycles. The molecule has 0 radical (unpaired) electrons. The topological polar surface area (TPSA) is 47.8 Å². The molecule has 0 fully saturated rings. The van der Waals surface area contributed by atoms with E-state index in [1.165, 1.54) is 12.1 Å². The van der Waals surface area contributed by atoms with Gasteiger partial charge in [-0.25, -0.2) is 4.39 Å². The fourth-order valence-corrected chi connectivity index (χ4v) is 1.62. The van der Waals surface area contributed by atoms with E-state index in [2.05, 4.69) is 10.1 Å². The number of nitrogens with zero attached hydrogens (tertiary/aromatic N) is 3.